The van der Waals surface area contributed by atoms with Gasteiger partial charge in [-0.05, 0) is 24.6 Å². The van der Waals surface area contributed by atoms with E-state index in [1.165, 1.54) is 6.07 Å². The molecule has 2 aromatic rings. The van der Waals surface area contributed by atoms with Crippen molar-refractivity contribution in [2.24, 2.45) is 0 Å². The van der Waals surface area contributed by atoms with Crippen molar-refractivity contribution in [1.29, 1.82) is 0 Å². The van der Waals surface area contributed by atoms with Crippen molar-refractivity contribution in [3.63, 3.8) is 0 Å². The maximum absolute atomic E-state index is 12.7. The summed E-state index contributed by atoms with van der Waals surface area (Å²) < 4.78 is 43.3. The van der Waals surface area contributed by atoms with Gasteiger partial charge in [-0.2, -0.15) is 13.2 Å². The van der Waals surface area contributed by atoms with Gasteiger partial charge in [0.2, 0.25) is 0 Å². The Labute approximate surface area is 132 Å². The second-order valence-corrected chi connectivity index (χ2v) is 5.00. The molecule has 0 spiro atoms. The van der Waals surface area contributed by atoms with Crippen LogP contribution >= 0.6 is 0 Å². The summed E-state index contributed by atoms with van der Waals surface area (Å²) in [6, 6.07) is 10.3. The summed E-state index contributed by atoms with van der Waals surface area (Å²) in [7, 11) is 0. The molecule has 2 N–H and O–H groups in total. The first-order chi connectivity index (χ1) is 10.9. The van der Waals surface area contributed by atoms with Crippen molar-refractivity contribution in [2.45, 2.75) is 26.2 Å². The molecule has 0 aliphatic carbocycles. The number of hydrogen-bond acceptors (Lipinski definition) is 3. The average molecular weight is 325 g/mol. The Bertz CT molecular complexity index is 657. The first kappa shape index (κ1) is 17.1. The van der Waals surface area contributed by atoms with E-state index in [1.54, 1.807) is 24.3 Å². The van der Waals surface area contributed by atoms with Gasteiger partial charge in [-0.15, -0.1) is 0 Å². The smallest absolute Gasteiger partial charge is 0.416 e. The fourth-order valence-electron chi connectivity index (χ4n) is 2.18. The molecule has 0 aliphatic rings. The molecule has 0 saturated carbocycles. The third-order valence-corrected chi connectivity index (χ3v) is 3.28. The van der Waals surface area contributed by atoms with E-state index in [0.29, 0.717) is 30.0 Å². The largest absolute Gasteiger partial charge is 0.504 e. The lowest BCUT2D eigenvalue weighted by Crippen LogP contribution is -2.14. The first-order valence-corrected chi connectivity index (χ1v) is 7.22. The third kappa shape index (κ3) is 4.63. The van der Waals surface area contributed by atoms with E-state index >= 15 is 0 Å². The summed E-state index contributed by atoms with van der Waals surface area (Å²) in [6.45, 7) is 2.85. The van der Waals surface area contributed by atoms with Crippen LogP contribution in [-0.2, 0) is 19.3 Å². The van der Waals surface area contributed by atoms with Crippen LogP contribution in [0.2, 0.25) is 0 Å². The molecular formula is C17H18F3NO2. The van der Waals surface area contributed by atoms with Crippen molar-refractivity contribution in [3.8, 4) is 11.5 Å². The topological polar surface area (TPSA) is 41.5 Å². The third-order valence-electron chi connectivity index (χ3n) is 3.28. The molecule has 0 amide bonds. The molecule has 23 heavy (non-hydrogen) atoms. The van der Waals surface area contributed by atoms with E-state index in [9.17, 15) is 18.3 Å². The molecule has 2 aromatic carbocycles. The van der Waals surface area contributed by atoms with Crippen LogP contribution in [0.5, 0.6) is 11.5 Å². The second kappa shape index (κ2) is 7.37. The minimum Gasteiger partial charge on any atom is -0.504 e. The van der Waals surface area contributed by atoms with E-state index in [-0.39, 0.29) is 12.3 Å². The molecule has 0 fully saturated rings. The summed E-state index contributed by atoms with van der Waals surface area (Å²) in [5, 5.41) is 13.1. The van der Waals surface area contributed by atoms with Gasteiger partial charge < -0.3 is 15.2 Å². The molecule has 0 atom stereocenters. The molecule has 2 rings (SSSR count). The van der Waals surface area contributed by atoms with Gasteiger partial charge in [0, 0.05) is 18.7 Å². The molecule has 0 bridgehead atoms. The highest BCUT2D eigenvalue weighted by atomic mass is 19.4. The number of rotatable bonds is 6. The summed E-state index contributed by atoms with van der Waals surface area (Å²) in [4.78, 5) is 0. The zero-order valence-electron chi connectivity index (χ0n) is 12.7. The van der Waals surface area contributed by atoms with Crippen molar-refractivity contribution in [3.05, 3.63) is 59.2 Å². The number of aromatic hydroxyl groups is 1. The van der Waals surface area contributed by atoms with Crippen molar-refractivity contribution >= 4 is 0 Å². The molecule has 0 aliphatic heterocycles. The lowest BCUT2D eigenvalue weighted by Gasteiger charge is -2.12. The lowest BCUT2D eigenvalue weighted by molar-refractivity contribution is -0.137. The molecule has 3 nitrogen and oxygen atoms in total. The van der Waals surface area contributed by atoms with E-state index < -0.39 is 11.7 Å². The molecule has 124 valence electrons. The summed E-state index contributed by atoms with van der Waals surface area (Å²) in [5.74, 6) is 0.441. The Morgan fingerprint density at radius 3 is 2.52 bits per heavy atom. The maximum Gasteiger partial charge on any atom is 0.416 e. The second-order valence-electron chi connectivity index (χ2n) is 5.00. The Balaban J connectivity index is 1.99. The zero-order chi connectivity index (χ0) is 16.9. The number of hydrogen-bond donors (Lipinski definition) is 2. The SMILES string of the molecule is CCOc1cccc(CNCc2cccc(C(F)(F)F)c2)c1O. The minimum atomic E-state index is -4.35. The van der Waals surface area contributed by atoms with Crippen LogP contribution in [0, 0.1) is 0 Å². The molecule has 0 heterocycles. The maximum atomic E-state index is 12.7. The fraction of sp³-hybridized carbons (Fsp3) is 0.294. The zero-order valence-corrected chi connectivity index (χ0v) is 12.7. The van der Waals surface area contributed by atoms with Gasteiger partial charge in [0.25, 0.3) is 0 Å². The highest BCUT2D eigenvalue weighted by Gasteiger charge is 2.30. The van der Waals surface area contributed by atoms with E-state index in [1.807, 2.05) is 6.92 Å². The highest BCUT2D eigenvalue weighted by molar-refractivity contribution is 5.45. The highest BCUT2D eigenvalue weighted by Crippen LogP contribution is 2.30. The number of nitrogens with one attached hydrogen (secondary N) is 1. The predicted octanol–water partition coefficient (Wildman–Crippen LogP) is 4.10. The van der Waals surface area contributed by atoms with Gasteiger partial charge in [-0.3, -0.25) is 0 Å². The Kier molecular flexibility index (Phi) is 5.50. The number of benzene rings is 2. The summed E-state index contributed by atoms with van der Waals surface area (Å²) in [5.41, 5.74) is 0.487. The normalized spacial score (nSPS) is 11.5. The van der Waals surface area contributed by atoms with Crippen LogP contribution in [-0.4, -0.2) is 11.7 Å². The molecule has 6 heteroatoms. The Morgan fingerprint density at radius 2 is 1.83 bits per heavy atom. The monoisotopic (exact) mass is 325 g/mol. The quantitative estimate of drug-likeness (QED) is 0.840. The van der Waals surface area contributed by atoms with Crippen molar-refractivity contribution in [1.82, 2.24) is 5.32 Å². The summed E-state index contributed by atoms with van der Waals surface area (Å²) in [6.07, 6.45) is -4.35. The van der Waals surface area contributed by atoms with Gasteiger partial charge in [-0.1, -0.05) is 30.3 Å². The molecule has 0 unspecified atom stereocenters. The van der Waals surface area contributed by atoms with Gasteiger partial charge >= 0.3 is 6.18 Å². The summed E-state index contributed by atoms with van der Waals surface area (Å²) >= 11 is 0. The van der Waals surface area contributed by atoms with Crippen LogP contribution in [0.25, 0.3) is 0 Å². The van der Waals surface area contributed by atoms with Crippen LogP contribution in [0.1, 0.15) is 23.6 Å². The minimum absolute atomic E-state index is 0.0471. The van der Waals surface area contributed by atoms with Gasteiger partial charge in [0.15, 0.2) is 11.5 Å². The van der Waals surface area contributed by atoms with Crippen LogP contribution in [0.15, 0.2) is 42.5 Å². The first-order valence-electron chi connectivity index (χ1n) is 7.22. The predicted molar refractivity (Wildman–Crippen MR) is 81.3 cm³/mol. The average Bonchev–Trinajstić information content (AvgIpc) is 2.51. The van der Waals surface area contributed by atoms with E-state index in [4.69, 9.17) is 4.74 Å². The van der Waals surface area contributed by atoms with Crippen LogP contribution < -0.4 is 10.1 Å². The van der Waals surface area contributed by atoms with E-state index in [0.717, 1.165) is 12.1 Å². The number of para-hydroxylation sites is 1. The molecule has 0 radical (unpaired) electrons. The van der Waals surface area contributed by atoms with Crippen molar-refractivity contribution < 1.29 is 23.0 Å². The number of halogens is 3. The van der Waals surface area contributed by atoms with Crippen LogP contribution in [0.3, 0.4) is 0 Å². The van der Waals surface area contributed by atoms with Gasteiger partial charge in [-0.25, -0.2) is 0 Å². The number of phenols is 1. The number of alkyl halides is 3. The molecule has 0 aromatic heterocycles. The number of phenolic OH excluding ortho intramolecular Hbond substituents is 1. The molecule has 0 saturated heterocycles. The lowest BCUT2D eigenvalue weighted by atomic mass is 10.1. The Hall–Kier alpha value is -2.21. The molecular weight excluding hydrogens is 307 g/mol. The van der Waals surface area contributed by atoms with Crippen molar-refractivity contribution in [2.75, 3.05) is 6.61 Å². The Morgan fingerprint density at radius 1 is 1.09 bits per heavy atom. The van der Waals surface area contributed by atoms with Gasteiger partial charge in [0.1, 0.15) is 0 Å². The van der Waals surface area contributed by atoms with Crippen LogP contribution in [0.4, 0.5) is 13.2 Å². The number of ether oxygens (including phenoxy) is 1. The standard InChI is InChI=1S/C17H18F3NO2/c1-2-23-15-8-4-6-13(16(15)22)11-21-10-12-5-3-7-14(9-12)17(18,19)20/h3-9,21-22H,2,10-11H2,1H3. The fourth-order valence-corrected chi connectivity index (χ4v) is 2.18. The van der Waals surface area contributed by atoms with E-state index in [2.05, 4.69) is 5.32 Å². The van der Waals surface area contributed by atoms with Gasteiger partial charge in [0.05, 0.1) is 12.2 Å².